The first-order valence-corrected chi connectivity index (χ1v) is 9.02. The quantitative estimate of drug-likeness (QED) is 0.720. The van der Waals surface area contributed by atoms with Crippen LogP contribution in [0.3, 0.4) is 0 Å². The lowest BCUT2D eigenvalue weighted by molar-refractivity contribution is -0.0230. The van der Waals surface area contributed by atoms with Crippen LogP contribution in [0.2, 0.25) is 5.15 Å². The summed E-state index contributed by atoms with van der Waals surface area (Å²) in [6, 6.07) is 5.61. The molecule has 0 N–H and O–H groups in total. The molecule has 0 aliphatic rings. The average Bonchev–Trinajstić information content (AvgIpc) is 2.52. The molecule has 0 unspecified atom stereocenters. The zero-order valence-electron chi connectivity index (χ0n) is 13.0. The molecule has 9 heteroatoms. The van der Waals surface area contributed by atoms with E-state index in [9.17, 15) is 17.2 Å². The van der Waals surface area contributed by atoms with Gasteiger partial charge in [-0.15, -0.1) is 0 Å². The standard InChI is InChI=1S/C15H15ClF2N2O3S/c1-3-24(21,22)12-6-7-13(16)20-14(12)11-5-4-10(8-19-11)23-9-15(2,17)18/h4-8H,3,9H2,1-2H3. The second-order valence-electron chi connectivity index (χ2n) is 5.12. The van der Waals surface area contributed by atoms with Crippen molar-refractivity contribution in [2.45, 2.75) is 24.7 Å². The van der Waals surface area contributed by atoms with Gasteiger partial charge >= 0.3 is 0 Å². The van der Waals surface area contributed by atoms with Gasteiger partial charge in [0.1, 0.15) is 16.6 Å². The van der Waals surface area contributed by atoms with Crippen LogP contribution in [0.25, 0.3) is 11.4 Å². The number of halogens is 3. The number of sulfone groups is 1. The molecule has 5 nitrogen and oxygen atoms in total. The van der Waals surface area contributed by atoms with Gasteiger partial charge in [-0.2, -0.15) is 0 Å². The lowest BCUT2D eigenvalue weighted by atomic mass is 10.2. The Kier molecular flexibility index (Phi) is 5.39. The Bertz CT molecular complexity index is 822. The Morgan fingerprint density at radius 2 is 1.96 bits per heavy atom. The summed E-state index contributed by atoms with van der Waals surface area (Å²) in [6.07, 6.45) is 1.23. The van der Waals surface area contributed by atoms with E-state index in [1.54, 1.807) is 0 Å². The van der Waals surface area contributed by atoms with Gasteiger partial charge in [0, 0.05) is 6.92 Å². The zero-order chi connectivity index (χ0) is 18.0. The SMILES string of the molecule is CCS(=O)(=O)c1ccc(Cl)nc1-c1ccc(OCC(C)(F)F)cn1. The van der Waals surface area contributed by atoms with Crippen LogP contribution in [0.4, 0.5) is 8.78 Å². The van der Waals surface area contributed by atoms with E-state index < -0.39 is 22.4 Å². The third kappa shape index (κ3) is 4.61. The smallest absolute Gasteiger partial charge is 0.278 e. The predicted octanol–water partition coefficient (Wildman–Crippen LogP) is 3.62. The summed E-state index contributed by atoms with van der Waals surface area (Å²) in [7, 11) is -3.53. The molecule has 2 rings (SSSR count). The van der Waals surface area contributed by atoms with E-state index in [1.807, 2.05) is 0 Å². The molecule has 0 spiro atoms. The number of hydrogen-bond donors (Lipinski definition) is 0. The summed E-state index contributed by atoms with van der Waals surface area (Å²) in [5.74, 6) is -2.92. The van der Waals surface area contributed by atoms with Crippen molar-refractivity contribution in [2.24, 2.45) is 0 Å². The van der Waals surface area contributed by atoms with Crippen LogP contribution in [0.5, 0.6) is 5.75 Å². The summed E-state index contributed by atoms with van der Waals surface area (Å²) < 4.78 is 54.8. The van der Waals surface area contributed by atoms with Crippen molar-refractivity contribution in [3.05, 3.63) is 35.6 Å². The van der Waals surface area contributed by atoms with Gasteiger partial charge in [-0.3, -0.25) is 4.98 Å². The molecule has 0 atom stereocenters. The number of ether oxygens (including phenoxy) is 1. The van der Waals surface area contributed by atoms with Crippen molar-refractivity contribution in [3.8, 4) is 17.1 Å². The molecule has 2 heterocycles. The third-order valence-corrected chi connectivity index (χ3v) is 4.98. The Balaban J connectivity index is 2.37. The van der Waals surface area contributed by atoms with Gasteiger partial charge in [0.25, 0.3) is 5.92 Å². The molecule has 24 heavy (non-hydrogen) atoms. The van der Waals surface area contributed by atoms with Crippen LogP contribution in [0, 0.1) is 0 Å². The van der Waals surface area contributed by atoms with Crippen LogP contribution in [-0.4, -0.2) is 36.7 Å². The molecule has 0 amide bonds. The van der Waals surface area contributed by atoms with Gasteiger partial charge in [-0.25, -0.2) is 22.2 Å². The van der Waals surface area contributed by atoms with Crippen LogP contribution in [-0.2, 0) is 9.84 Å². The summed E-state index contributed by atoms with van der Waals surface area (Å²) in [4.78, 5) is 8.09. The number of aromatic nitrogens is 2. The van der Waals surface area contributed by atoms with E-state index in [0.29, 0.717) is 0 Å². The second kappa shape index (κ2) is 6.98. The Morgan fingerprint density at radius 1 is 1.25 bits per heavy atom. The van der Waals surface area contributed by atoms with Crippen LogP contribution >= 0.6 is 11.6 Å². The Labute approximate surface area is 143 Å². The lowest BCUT2D eigenvalue weighted by Crippen LogP contribution is -2.20. The molecule has 2 aromatic heterocycles. The van der Waals surface area contributed by atoms with Gasteiger partial charge in [-0.1, -0.05) is 18.5 Å². The fraction of sp³-hybridized carbons (Fsp3) is 0.333. The summed E-state index contributed by atoms with van der Waals surface area (Å²) in [5.41, 5.74) is 0.358. The molecule has 2 aromatic rings. The van der Waals surface area contributed by atoms with E-state index >= 15 is 0 Å². The van der Waals surface area contributed by atoms with Crippen LogP contribution < -0.4 is 4.74 Å². The Hall–Kier alpha value is -1.80. The molecule has 0 fully saturated rings. The first-order chi connectivity index (χ1) is 11.1. The predicted molar refractivity (Wildman–Crippen MR) is 86.3 cm³/mol. The van der Waals surface area contributed by atoms with E-state index in [0.717, 1.165) is 6.92 Å². The maximum Gasteiger partial charge on any atom is 0.278 e. The maximum absolute atomic E-state index is 12.8. The summed E-state index contributed by atoms with van der Waals surface area (Å²) in [6.45, 7) is 1.48. The lowest BCUT2D eigenvalue weighted by Gasteiger charge is -2.12. The third-order valence-electron chi connectivity index (χ3n) is 3.01. The molecular formula is C15H15ClF2N2O3S. The van der Waals surface area contributed by atoms with Crippen molar-refractivity contribution in [2.75, 3.05) is 12.4 Å². The normalized spacial score (nSPS) is 12.2. The fourth-order valence-electron chi connectivity index (χ4n) is 1.83. The van der Waals surface area contributed by atoms with Gasteiger partial charge in [-0.05, 0) is 24.3 Å². The maximum atomic E-state index is 12.8. The van der Waals surface area contributed by atoms with Crippen molar-refractivity contribution in [1.82, 2.24) is 9.97 Å². The highest BCUT2D eigenvalue weighted by molar-refractivity contribution is 7.91. The minimum atomic E-state index is -3.53. The van der Waals surface area contributed by atoms with E-state index in [-0.39, 0.29) is 32.9 Å². The monoisotopic (exact) mass is 376 g/mol. The molecule has 0 radical (unpaired) electrons. The van der Waals surface area contributed by atoms with Crippen molar-refractivity contribution in [3.63, 3.8) is 0 Å². The van der Waals surface area contributed by atoms with Gasteiger partial charge < -0.3 is 4.74 Å². The van der Waals surface area contributed by atoms with Crippen LogP contribution in [0.15, 0.2) is 35.4 Å². The van der Waals surface area contributed by atoms with Crippen LogP contribution in [0.1, 0.15) is 13.8 Å². The topological polar surface area (TPSA) is 69.2 Å². The number of pyridine rings is 2. The number of alkyl halides is 2. The number of rotatable bonds is 6. The van der Waals surface area contributed by atoms with Crippen molar-refractivity contribution in [1.29, 1.82) is 0 Å². The van der Waals surface area contributed by atoms with Gasteiger partial charge in [0.2, 0.25) is 0 Å². The van der Waals surface area contributed by atoms with Crippen molar-refractivity contribution >= 4 is 21.4 Å². The highest BCUT2D eigenvalue weighted by atomic mass is 35.5. The molecule has 0 aliphatic heterocycles. The molecule has 0 saturated carbocycles. The summed E-state index contributed by atoms with van der Waals surface area (Å²) >= 11 is 5.85. The van der Waals surface area contributed by atoms with E-state index in [1.165, 1.54) is 37.4 Å². The average molecular weight is 377 g/mol. The highest BCUT2D eigenvalue weighted by Crippen LogP contribution is 2.28. The molecular weight excluding hydrogens is 362 g/mol. The first kappa shape index (κ1) is 18.5. The van der Waals surface area contributed by atoms with Gasteiger partial charge in [0.05, 0.1) is 22.5 Å². The number of hydrogen-bond acceptors (Lipinski definition) is 5. The van der Waals surface area contributed by atoms with E-state index in [4.69, 9.17) is 16.3 Å². The zero-order valence-corrected chi connectivity index (χ0v) is 14.5. The largest absolute Gasteiger partial charge is 0.486 e. The molecule has 0 saturated heterocycles. The fourth-order valence-corrected chi connectivity index (χ4v) is 3.01. The van der Waals surface area contributed by atoms with Gasteiger partial charge in [0.15, 0.2) is 16.4 Å². The second-order valence-corrected chi connectivity index (χ2v) is 7.76. The Morgan fingerprint density at radius 3 is 2.50 bits per heavy atom. The minimum absolute atomic E-state index is 0.00987. The van der Waals surface area contributed by atoms with E-state index in [2.05, 4.69) is 9.97 Å². The highest BCUT2D eigenvalue weighted by Gasteiger charge is 2.23. The molecule has 130 valence electrons. The molecule has 0 aromatic carbocycles. The summed E-state index contributed by atoms with van der Waals surface area (Å²) in [5, 5.41) is 0.118. The molecule has 0 bridgehead atoms. The van der Waals surface area contributed by atoms with Crippen molar-refractivity contribution < 1.29 is 21.9 Å². The minimum Gasteiger partial charge on any atom is -0.486 e. The number of nitrogens with zero attached hydrogens (tertiary/aromatic N) is 2. The molecule has 0 aliphatic carbocycles. The first-order valence-electron chi connectivity index (χ1n) is 6.99.